The van der Waals surface area contributed by atoms with Crippen LogP contribution in [-0.2, 0) is 4.79 Å². The maximum atomic E-state index is 12.4. The highest BCUT2D eigenvalue weighted by atomic mass is 79.9. The molecule has 0 heterocycles. The first-order valence-corrected chi connectivity index (χ1v) is 10.5. The molecule has 0 bridgehead atoms. The predicted octanol–water partition coefficient (Wildman–Crippen LogP) is 4.76. The minimum absolute atomic E-state index is 0.0852. The fraction of sp³-hybridized carbons (Fsp3) is 0.0455. The van der Waals surface area contributed by atoms with Crippen LogP contribution in [0.2, 0.25) is 5.02 Å². The van der Waals surface area contributed by atoms with E-state index in [0.29, 0.717) is 26.4 Å². The van der Waals surface area contributed by atoms with Gasteiger partial charge in [0, 0.05) is 27.2 Å². The van der Waals surface area contributed by atoms with Gasteiger partial charge in [0.2, 0.25) is 0 Å². The van der Waals surface area contributed by atoms with Gasteiger partial charge in [-0.15, -0.1) is 0 Å². The number of rotatable bonds is 8. The van der Waals surface area contributed by atoms with Gasteiger partial charge in [-0.3, -0.25) is 14.9 Å². The average molecular weight is 533 g/mol. The zero-order valence-electron chi connectivity index (χ0n) is 16.7. The van der Waals surface area contributed by atoms with E-state index in [4.69, 9.17) is 21.1 Å². The minimum Gasteiger partial charge on any atom is -0.484 e. The van der Waals surface area contributed by atoms with Crippen LogP contribution >= 0.6 is 27.5 Å². The van der Waals surface area contributed by atoms with E-state index >= 15 is 0 Å². The first kappa shape index (κ1) is 23.9. The maximum Gasteiger partial charge on any atom is 0.343 e. The van der Waals surface area contributed by atoms with Gasteiger partial charge < -0.3 is 9.47 Å². The molecule has 0 fully saturated rings. The van der Waals surface area contributed by atoms with E-state index in [1.54, 1.807) is 42.5 Å². The van der Waals surface area contributed by atoms with Gasteiger partial charge in [-0.1, -0.05) is 27.5 Å². The van der Waals surface area contributed by atoms with Crippen molar-refractivity contribution in [1.29, 1.82) is 0 Å². The number of nitrogens with one attached hydrogen (secondary N) is 1. The highest BCUT2D eigenvalue weighted by molar-refractivity contribution is 9.10. The molecule has 3 aromatic carbocycles. The van der Waals surface area contributed by atoms with Crippen LogP contribution in [0.25, 0.3) is 0 Å². The second kappa shape index (κ2) is 11.2. The lowest BCUT2D eigenvalue weighted by Gasteiger charge is -2.08. The first-order valence-electron chi connectivity index (χ1n) is 9.28. The lowest BCUT2D eigenvalue weighted by molar-refractivity contribution is -0.384. The second-order valence-electron chi connectivity index (χ2n) is 6.41. The molecule has 1 amide bonds. The number of carbonyl (C=O) groups is 2. The molecular formula is C22H15BrClN3O6. The van der Waals surface area contributed by atoms with Crippen molar-refractivity contribution in [3.05, 3.63) is 97.5 Å². The molecule has 0 aliphatic rings. The first-order chi connectivity index (χ1) is 15.8. The molecule has 9 nitrogen and oxygen atoms in total. The number of nitro benzene ring substituents is 1. The third kappa shape index (κ3) is 7.13. The van der Waals surface area contributed by atoms with Crippen LogP contribution in [0.3, 0.4) is 0 Å². The SMILES string of the molecule is O=C(COc1ccc([N+](=O)[O-])cc1)N/N=C\c1cc(Br)ccc1OC(=O)c1ccc(Cl)cc1. The lowest BCUT2D eigenvalue weighted by atomic mass is 10.2. The van der Waals surface area contributed by atoms with Crippen LogP contribution in [0.5, 0.6) is 11.5 Å². The molecular weight excluding hydrogens is 518 g/mol. The monoisotopic (exact) mass is 531 g/mol. The van der Waals surface area contributed by atoms with Gasteiger partial charge in [0.05, 0.1) is 16.7 Å². The molecule has 168 valence electrons. The Labute approximate surface area is 201 Å². The molecule has 0 aliphatic heterocycles. The van der Waals surface area contributed by atoms with E-state index in [0.717, 1.165) is 0 Å². The number of esters is 1. The van der Waals surface area contributed by atoms with Crippen LogP contribution in [0.1, 0.15) is 15.9 Å². The van der Waals surface area contributed by atoms with Gasteiger partial charge in [0.25, 0.3) is 11.6 Å². The fourth-order valence-electron chi connectivity index (χ4n) is 2.48. The van der Waals surface area contributed by atoms with E-state index < -0.39 is 16.8 Å². The van der Waals surface area contributed by atoms with Crippen LogP contribution in [0, 0.1) is 10.1 Å². The largest absolute Gasteiger partial charge is 0.484 e. The highest BCUT2D eigenvalue weighted by Gasteiger charge is 2.12. The molecule has 0 unspecified atom stereocenters. The van der Waals surface area contributed by atoms with Gasteiger partial charge in [-0.2, -0.15) is 5.10 Å². The van der Waals surface area contributed by atoms with Crippen molar-refractivity contribution in [3.8, 4) is 11.5 Å². The Hall–Kier alpha value is -3.76. The van der Waals surface area contributed by atoms with Crippen molar-refractivity contribution in [1.82, 2.24) is 5.43 Å². The summed E-state index contributed by atoms with van der Waals surface area (Å²) in [4.78, 5) is 34.5. The molecule has 33 heavy (non-hydrogen) atoms. The van der Waals surface area contributed by atoms with Gasteiger partial charge >= 0.3 is 5.97 Å². The zero-order chi connectivity index (χ0) is 23.8. The molecule has 0 saturated carbocycles. The van der Waals surface area contributed by atoms with E-state index in [2.05, 4.69) is 26.5 Å². The van der Waals surface area contributed by atoms with Crippen molar-refractivity contribution in [2.24, 2.45) is 5.10 Å². The number of non-ortho nitro benzene ring substituents is 1. The summed E-state index contributed by atoms with van der Waals surface area (Å²) in [6, 6.07) is 16.5. The fourth-order valence-corrected chi connectivity index (χ4v) is 2.98. The van der Waals surface area contributed by atoms with Crippen molar-refractivity contribution in [2.45, 2.75) is 0 Å². The molecule has 0 aliphatic carbocycles. The topological polar surface area (TPSA) is 120 Å². The summed E-state index contributed by atoms with van der Waals surface area (Å²) in [5.74, 6) is -0.607. The normalized spacial score (nSPS) is 10.6. The number of halogens is 2. The van der Waals surface area contributed by atoms with Crippen molar-refractivity contribution >= 4 is 51.3 Å². The second-order valence-corrected chi connectivity index (χ2v) is 7.76. The quantitative estimate of drug-likeness (QED) is 0.147. The predicted molar refractivity (Wildman–Crippen MR) is 125 cm³/mol. The van der Waals surface area contributed by atoms with Gasteiger partial charge in [-0.25, -0.2) is 10.2 Å². The van der Waals surface area contributed by atoms with Gasteiger partial charge in [0.1, 0.15) is 11.5 Å². The Morgan fingerprint density at radius 1 is 1.09 bits per heavy atom. The van der Waals surface area contributed by atoms with Gasteiger partial charge in [0.15, 0.2) is 6.61 Å². The summed E-state index contributed by atoms with van der Waals surface area (Å²) in [7, 11) is 0. The molecule has 0 aromatic heterocycles. The summed E-state index contributed by atoms with van der Waals surface area (Å²) in [5.41, 5.74) is 2.97. The number of nitro groups is 1. The zero-order valence-corrected chi connectivity index (χ0v) is 19.1. The van der Waals surface area contributed by atoms with Crippen LogP contribution in [-0.4, -0.2) is 29.6 Å². The van der Waals surface area contributed by atoms with E-state index in [9.17, 15) is 19.7 Å². The van der Waals surface area contributed by atoms with E-state index in [-0.39, 0.29) is 18.0 Å². The summed E-state index contributed by atoms with van der Waals surface area (Å²) in [6.07, 6.45) is 1.32. The van der Waals surface area contributed by atoms with E-state index in [1.807, 2.05) is 0 Å². The smallest absolute Gasteiger partial charge is 0.343 e. The Kier molecular flexibility index (Phi) is 8.11. The third-order valence-corrected chi connectivity index (χ3v) is 4.81. The third-order valence-electron chi connectivity index (χ3n) is 4.06. The molecule has 3 aromatic rings. The summed E-state index contributed by atoms with van der Waals surface area (Å²) in [6.45, 7) is -0.355. The maximum absolute atomic E-state index is 12.4. The number of hydrazone groups is 1. The molecule has 3 rings (SSSR count). The van der Waals surface area contributed by atoms with E-state index in [1.165, 1.54) is 30.5 Å². The molecule has 0 saturated heterocycles. The van der Waals surface area contributed by atoms with Crippen LogP contribution in [0.15, 0.2) is 76.3 Å². The molecule has 1 N–H and O–H groups in total. The standard InChI is InChI=1S/C22H15BrClN3O6/c23-16-3-10-20(33-22(29)14-1-4-17(24)5-2-14)15(11-16)12-25-26-21(28)13-32-19-8-6-18(7-9-19)27(30)31/h1-12H,13H2,(H,26,28)/b25-12-. The number of ether oxygens (including phenoxy) is 2. The van der Waals surface area contributed by atoms with Crippen molar-refractivity contribution < 1.29 is 24.0 Å². The Bertz CT molecular complexity index is 1200. The molecule has 0 spiro atoms. The number of amides is 1. The Morgan fingerprint density at radius 3 is 2.45 bits per heavy atom. The number of nitrogens with zero attached hydrogens (tertiary/aromatic N) is 2. The Morgan fingerprint density at radius 2 is 1.79 bits per heavy atom. The summed E-state index contributed by atoms with van der Waals surface area (Å²) >= 11 is 9.17. The number of hydrogen-bond acceptors (Lipinski definition) is 7. The van der Waals surface area contributed by atoms with Crippen LogP contribution < -0.4 is 14.9 Å². The molecule has 0 radical (unpaired) electrons. The van der Waals surface area contributed by atoms with Crippen molar-refractivity contribution in [2.75, 3.05) is 6.61 Å². The Balaban J connectivity index is 1.59. The summed E-state index contributed by atoms with van der Waals surface area (Å²) < 4.78 is 11.4. The van der Waals surface area contributed by atoms with Crippen LogP contribution in [0.4, 0.5) is 5.69 Å². The molecule has 0 atom stereocenters. The highest BCUT2D eigenvalue weighted by Crippen LogP contribution is 2.23. The van der Waals surface area contributed by atoms with Crippen molar-refractivity contribution in [3.63, 3.8) is 0 Å². The minimum atomic E-state index is -0.579. The van der Waals surface area contributed by atoms with Gasteiger partial charge in [-0.05, 0) is 54.6 Å². The number of hydrogen-bond donors (Lipinski definition) is 1. The summed E-state index contributed by atoms with van der Waals surface area (Å²) in [5, 5.41) is 15.0. The number of carbonyl (C=O) groups excluding carboxylic acids is 2. The number of benzene rings is 3. The molecule has 11 heteroatoms. The lowest BCUT2D eigenvalue weighted by Crippen LogP contribution is -2.24. The average Bonchev–Trinajstić information content (AvgIpc) is 2.80.